The van der Waals surface area contributed by atoms with Crippen molar-refractivity contribution in [3.8, 4) is 0 Å². The van der Waals surface area contributed by atoms with Crippen LogP contribution in [0, 0.1) is 4.91 Å². The van der Waals surface area contributed by atoms with Crippen LogP contribution >= 0.6 is 0 Å². The molecule has 0 saturated heterocycles. The molecular formula is C9H7N2O3+. The summed E-state index contributed by atoms with van der Waals surface area (Å²) in [6, 6.07) is 6.48. The fraction of sp³-hybridized carbons (Fsp3) is 0. The van der Waals surface area contributed by atoms with Crippen LogP contribution in [0.3, 0.4) is 0 Å². The number of H-pyrrole nitrogens is 1. The smallest absolute Gasteiger partial charge is 0.352 e. The Labute approximate surface area is 78.3 Å². The summed E-state index contributed by atoms with van der Waals surface area (Å²) in [4.78, 5) is 23.8. The van der Waals surface area contributed by atoms with Crippen LogP contribution in [0.25, 0.3) is 10.9 Å². The fourth-order valence-electron chi connectivity index (χ4n) is 1.36. The van der Waals surface area contributed by atoms with E-state index in [-0.39, 0.29) is 5.69 Å². The summed E-state index contributed by atoms with van der Waals surface area (Å²) < 4.78 is 0. The number of nitroso groups, excluding NO2 is 1. The number of aromatic nitrogens is 1. The molecule has 2 aromatic rings. The molecule has 0 radical (unpaired) electrons. The Balaban J connectivity index is 2.76. The van der Waals surface area contributed by atoms with Gasteiger partial charge in [0, 0.05) is 21.5 Å². The van der Waals surface area contributed by atoms with E-state index in [0.717, 1.165) is 0 Å². The third-order valence-electron chi connectivity index (χ3n) is 2.00. The molecule has 0 aliphatic heterocycles. The van der Waals surface area contributed by atoms with Crippen LogP contribution < -0.4 is 5.18 Å². The molecule has 0 atom stereocenters. The minimum Gasteiger partial charge on any atom is -0.477 e. The second-order valence-corrected chi connectivity index (χ2v) is 2.86. The minimum absolute atomic E-state index is 0.0719. The van der Waals surface area contributed by atoms with Crippen molar-refractivity contribution in [2.75, 3.05) is 0 Å². The third-order valence-corrected chi connectivity index (χ3v) is 2.00. The van der Waals surface area contributed by atoms with E-state index in [9.17, 15) is 9.70 Å². The van der Waals surface area contributed by atoms with E-state index in [1.807, 2.05) is 0 Å². The van der Waals surface area contributed by atoms with Gasteiger partial charge in [-0.15, -0.1) is 0 Å². The molecule has 1 heterocycles. The zero-order valence-electron chi connectivity index (χ0n) is 7.07. The highest BCUT2D eigenvalue weighted by Crippen LogP contribution is 2.19. The Kier molecular flexibility index (Phi) is 1.78. The fourth-order valence-corrected chi connectivity index (χ4v) is 1.36. The van der Waals surface area contributed by atoms with Crippen molar-refractivity contribution in [2.45, 2.75) is 0 Å². The van der Waals surface area contributed by atoms with Crippen molar-refractivity contribution >= 4 is 22.6 Å². The summed E-state index contributed by atoms with van der Waals surface area (Å²) in [7, 11) is 0. The lowest BCUT2D eigenvalue weighted by molar-refractivity contribution is -0.377. The van der Waals surface area contributed by atoms with E-state index in [4.69, 9.17) is 5.11 Å². The normalized spacial score (nSPS) is 10.3. The molecular weight excluding hydrogens is 184 g/mol. The van der Waals surface area contributed by atoms with Crippen molar-refractivity contribution in [1.29, 1.82) is 0 Å². The number of nitrogens with one attached hydrogen (secondary N) is 2. The Morgan fingerprint density at radius 1 is 1.43 bits per heavy atom. The van der Waals surface area contributed by atoms with E-state index in [0.29, 0.717) is 16.6 Å². The average Bonchev–Trinajstić information content (AvgIpc) is 2.60. The summed E-state index contributed by atoms with van der Waals surface area (Å²) >= 11 is 0. The third kappa shape index (κ3) is 1.15. The first-order valence-electron chi connectivity index (χ1n) is 3.95. The van der Waals surface area contributed by atoms with E-state index in [1.54, 1.807) is 23.4 Å². The van der Waals surface area contributed by atoms with E-state index in [2.05, 4.69) is 4.98 Å². The first-order valence-corrected chi connectivity index (χ1v) is 3.95. The summed E-state index contributed by atoms with van der Waals surface area (Å²) in [5.74, 6) is -1.04. The van der Waals surface area contributed by atoms with Gasteiger partial charge in [0.15, 0.2) is 0 Å². The highest BCUT2D eigenvalue weighted by atomic mass is 16.4. The number of aromatic carboxylic acids is 1. The molecule has 0 amide bonds. The number of rotatable bonds is 2. The molecule has 70 valence electrons. The molecule has 0 saturated carbocycles. The van der Waals surface area contributed by atoms with Crippen LogP contribution in [0.4, 0.5) is 5.69 Å². The van der Waals surface area contributed by atoms with Gasteiger partial charge >= 0.3 is 5.97 Å². The molecule has 0 spiro atoms. The van der Waals surface area contributed by atoms with Gasteiger partial charge < -0.3 is 10.1 Å². The standard InChI is InChI=1S/C9H6N2O3/c12-9(13)7-4-5-2-1-3-6(11-14)8(5)10-7/h1-4,10H,(H,12,13)/p+1. The van der Waals surface area contributed by atoms with Crippen molar-refractivity contribution in [3.05, 3.63) is 34.9 Å². The Bertz CT molecular complexity index is 516. The van der Waals surface area contributed by atoms with Gasteiger partial charge in [-0.05, 0) is 6.07 Å². The van der Waals surface area contributed by atoms with Crippen LogP contribution in [0.15, 0.2) is 24.3 Å². The van der Waals surface area contributed by atoms with E-state index >= 15 is 0 Å². The Hall–Kier alpha value is -2.17. The lowest BCUT2D eigenvalue weighted by atomic mass is 10.2. The molecule has 5 heteroatoms. The topological polar surface area (TPSA) is 84.1 Å². The Morgan fingerprint density at radius 2 is 2.21 bits per heavy atom. The van der Waals surface area contributed by atoms with Crippen LogP contribution in [0.1, 0.15) is 10.5 Å². The highest BCUT2D eigenvalue weighted by molar-refractivity contribution is 5.96. The maximum Gasteiger partial charge on any atom is 0.352 e. The number of carboxylic acid groups (broad SMARTS) is 1. The van der Waals surface area contributed by atoms with Crippen molar-refractivity contribution in [2.24, 2.45) is 0 Å². The lowest BCUT2D eigenvalue weighted by Crippen LogP contribution is -2.55. The zero-order valence-corrected chi connectivity index (χ0v) is 7.07. The number of aromatic amines is 1. The number of hydrogen-bond donors (Lipinski definition) is 3. The number of fused-ring (bicyclic) bond motifs is 1. The molecule has 1 aromatic carbocycles. The highest BCUT2D eigenvalue weighted by Gasteiger charge is 2.12. The van der Waals surface area contributed by atoms with E-state index in [1.165, 1.54) is 6.07 Å². The summed E-state index contributed by atoms with van der Waals surface area (Å²) in [6.45, 7) is 0. The SMILES string of the molecule is O=[NH+]c1cccc2cc(C(=O)O)[nH]c12. The maximum absolute atomic E-state index is 10.6. The number of carbonyl (C=O) groups is 1. The quantitative estimate of drug-likeness (QED) is 0.640. The second kappa shape index (κ2) is 2.95. The molecule has 3 N–H and O–H groups in total. The lowest BCUT2D eigenvalue weighted by Gasteiger charge is -1.86. The molecule has 0 unspecified atom stereocenters. The number of carboxylic acids is 1. The average molecular weight is 191 g/mol. The first-order chi connectivity index (χ1) is 6.72. The van der Waals surface area contributed by atoms with E-state index < -0.39 is 5.97 Å². The van der Waals surface area contributed by atoms with Gasteiger partial charge in [-0.1, -0.05) is 12.1 Å². The number of hydrogen-bond acceptors (Lipinski definition) is 2. The monoisotopic (exact) mass is 191 g/mol. The Morgan fingerprint density at radius 3 is 2.86 bits per heavy atom. The van der Waals surface area contributed by atoms with Gasteiger partial charge in [-0.2, -0.15) is 0 Å². The predicted octanol–water partition coefficient (Wildman–Crippen LogP) is 0.345. The van der Waals surface area contributed by atoms with Crippen molar-refractivity contribution in [1.82, 2.24) is 4.98 Å². The molecule has 0 aliphatic rings. The van der Waals surface area contributed by atoms with Gasteiger partial charge in [0.05, 0.1) is 0 Å². The molecule has 1 aromatic heterocycles. The van der Waals surface area contributed by atoms with Gasteiger partial charge in [-0.25, -0.2) is 4.79 Å². The number of para-hydroxylation sites is 1. The van der Waals surface area contributed by atoms with Gasteiger partial charge in [0.2, 0.25) is 0 Å². The molecule has 5 nitrogen and oxygen atoms in total. The van der Waals surface area contributed by atoms with Gasteiger partial charge in [0.25, 0.3) is 5.69 Å². The van der Waals surface area contributed by atoms with Crippen LogP contribution in [-0.2, 0) is 0 Å². The molecule has 0 fully saturated rings. The zero-order chi connectivity index (χ0) is 10.1. The van der Waals surface area contributed by atoms with Crippen molar-refractivity contribution in [3.63, 3.8) is 0 Å². The maximum atomic E-state index is 10.6. The minimum atomic E-state index is -1.04. The summed E-state index contributed by atoms with van der Waals surface area (Å²) in [5, 5.41) is 11.2. The molecule has 0 bridgehead atoms. The summed E-state index contributed by atoms with van der Waals surface area (Å²) in [6.07, 6.45) is 0. The van der Waals surface area contributed by atoms with Gasteiger partial charge in [0.1, 0.15) is 11.2 Å². The van der Waals surface area contributed by atoms with Crippen LogP contribution in [0.2, 0.25) is 0 Å². The summed E-state index contributed by atoms with van der Waals surface area (Å²) in [5.41, 5.74) is 0.928. The predicted molar refractivity (Wildman–Crippen MR) is 49.2 cm³/mol. The number of benzene rings is 1. The van der Waals surface area contributed by atoms with Gasteiger partial charge in [-0.3, -0.25) is 0 Å². The molecule has 2 rings (SSSR count). The second-order valence-electron chi connectivity index (χ2n) is 2.86. The molecule has 14 heavy (non-hydrogen) atoms. The largest absolute Gasteiger partial charge is 0.477 e. The first kappa shape index (κ1) is 8.43. The van der Waals surface area contributed by atoms with Crippen LogP contribution in [0.5, 0.6) is 0 Å². The molecule has 0 aliphatic carbocycles. The van der Waals surface area contributed by atoms with Crippen LogP contribution in [-0.4, -0.2) is 16.1 Å². The van der Waals surface area contributed by atoms with Crippen molar-refractivity contribution < 1.29 is 15.1 Å².